The molecule has 19 heavy (non-hydrogen) atoms. The van der Waals surface area contributed by atoms with Crippen LogP contribution in [0.3, 0.4) is 0 Å². The Morgan fingerprint density at radius 2 is 1.84 bits per heavy atom. The fraction of sp³-hybridized carbons (Fsp3) is 0.417. The average Bonchev–Trinajstić information content (AvgIpc) is 2.28. The summed E-state index contributed by atoms with van der Waals surface area (Å²) in [5.74, 6) is -3.00. The maximum absolute atomic E-state index is 13.8. The Hall–Kier alpha value is -1.79. The molecule has 0 atom stereocenters. The van der Waals surface area contributed by atoms with E-state index in [0.717, 1.165) is 7.11 Å². The molecule has 0 saturated carbocycles. The van der Waals surface area contributed by atoms with Crippen molar-refractivity contribution >= 4 is 5.97 Å². The van der Waals surface area contributed by atoms with Gasteiger partial charge in [0.15, 0.2) is 11.6 Å². The van der Waals surface area contributed by atoms with Gasteiger partial charge in [-0.2, -0.15) is 13.2 Å². The fourth-order valence-corrected chi connectivity index (χ4v) is 1.36. The highest BCUT2D eigenvalue weighted by atomic mass is 19.4. The van der Waals surface area contributed by atoms with Crippen LogP contribution < -0.4 is 4.74 Å². The van der Waals surface area contributed by atoms with Gasteiger partial charge in [-0.15, -0.1) is 0 Å². The minimum atomic E-state index is -4.72. The molecule has 0 heterocycles. The van der Waals surface area contributed by atoms with Gasteiger partial charge in [-0.3, -0.25) is 0 Å². The lowest BCUT2D eigenvalue weighted by molar-refractivity contribution is -0.137. The molecule has 106 valence electrons. The normalized spacial score (nSPS) is 11.6. The third kappa shape index (κ3) is 3.59. The van der Waals surface area contributed by atoms with Crippen LogP contribution >= 0.6 is 0 Å². The highest BCUT2D eigenvalue weighted by molar-refractivity contribution is 5.90. The van der Waals surface area contributed by atoms with Gasteiger partial charge in [0.05, 0.1) is 24.3 Å². The molecular weight excluding hydrogens is 268 g/mol. The molecule has 0 aliphatic carbocycles. The van der Waals surface area contributed by atoms with Crippen molar-refractivity contribution in [1.29, 1.82) is 0 Å². The third-order valence-electron chi connectivity index (χ3n) is 2.13. The molecule has 0 N–H and O–H groups in total. The molecule has 0 aliphatic heterocycles. The molecule has 7 heteroatoms. The van der Waals surface area contributed by atoms with E-state index in [1.54, 1.807) is 0 Å². The Morgan fingerprint density at radius 3 is 2.26 bits per heavy atom. The summed E-state index contributed by atoms with van der Waals surface area (Å²) in [6, 6.07) is 0.913. The van der Waals surface area contributed by atoms with Crippen LogP contribution in [0.25, 0.3) is 0 Å². The molecule has 0 fully saturated rings. The molecule has 0 bridgehead atoms. The van der Waals surface area contributed by atoms with E-state index in [2.05, 4.69) is 4.74 Å². The first kappa shape index (κ1) is 15.3. The number of ether oxygens (including phenoxy) is 2. The van der Waals surface area contributed by atoms with Crippen LogP contribution in [-0.2, 0) is 10.9 Å². The predicted molar refractivity (Wildman–Crippen MR) is 58.5 cm³/mol. The first-order chi connectivity index (χ1) is 8.66. The first-order valence-corrected chi connectivity index (χ1v) is 5.32. The molecule has 1 aromatic carbocycles. The number of hydrogen-bond acceptors (Lipinski definition) is 3. The lowest BCUT2D eigenvalue weighted by atomic mass is 10.1. The van der Waals surface area contributed by atoms with E-state index in [1.807, 2.05) is 0 Å². The van der Waals surface area contributed by atoms with Crippen LogP contribution in [0, 0.1) is 5.82 Å². The van der Waals surface area contributed by atoms with Gasteiger partial charge in [-0.05, 0) is 26.0 Å². The summed E-state index contributed by atoms with van der Waals surface area (Å²) in [5, 5.41) is 0. The number of halogens is 4. The monoisotopic (exact) mass is 280 g/mol. The summed E-state index contributed by atoms with van der Waals surface area (Å²) in [6.07, 6.45) is -5.26. The second kappa shape index (κ2) is 5.46. The SMILES string of the molecule is COC(=O)c1cc(C(F)(F)F)cc(OC(C)C)c1F. The summed E-state index contributed by atoms with van der Waals surface area (Å²) in [6.45, 7) is 3.05. The number of carbonyl (C=O) groups is 1. The van der Waals surface area contributed by atoms with Gasteiger partial charge >= 0.3 is 12.1 Å². The number of methoxy groups -OCH3 is 1. The minimum absolute atomic E-state index is 0.397. The average molecular weight is 280 g/mol. The maximum atomic E-state index is 13.8. The number of carbonyl (C=O) groups excluding carboxylic acids is 1. The lowest BCUT2D eigenvalue weighted by Gasteiger charge is -2.15. The molecule has 0 aliphatic rings. The molecule has 3 nitrogen and oxygen atoms in total. The lowest BCUT2D eigenvalue weighted by Crippen LogP contribution is -2.14. The quantitative estimate of drug-likeness (QED) is 0.628. The molecule has 0 aromatic heterocycles. The van der Waals surface area contributed by atoms with Crippen LogP contribution in [0.5, 0.6) is 5.75 Å². The Balaban J connectivity index is 3.42. The summed E-state index contributed by atoms with van der Waals surface area (Å²) < 4.78 is 61.0. The van der Waals surface area contributed by atoms with E-state index in [1.165, 1.54) is 13.8 Å². The first-order valence-electron chi connectivity index (χ1n) is 5.32. The summed E-state index contributed by atoms with van der Waals surface area (Å²) >= 11 is 0. The number of benzene rings is 1. The van der Waals surface area contributed by atoms with Gasteiger partial charge in [0.2, 0.25) is 0 Å². The summed E-state index contributed by atoms with van der Waals surface area (Å²) in [4.78, 5) is 11.3. The van der Waals surface area contributed by atoms with Crippen molar-refractivity contribution < 1.29 is 31.8 Å². The van der Waals surface area contributed by atoms with E-state index >= 15 is 0 Å². The number of rotatable bonds is 3. The van der Waals surface area contributed by atoms with Crippen molar-refractivity contribution in [3.05, 3.63) is 29.1 Å². The van der Waals surface area contributed by atoms with Gasteiger partial charge in [-0.1, -0.05) is 0 Å². The zero-order chi connectivity index (χ0) is 14.8. The van der Waals surface area contributed by atoms with Crippen molar-refractivity contribution in [3.8, 4) is 5.75 Å². The summed E-state index contributed by atoms with van der Waals surface area (Å²) in [7, 11) is 0.949. The summed E-state index contributed by atoms with van der Waals surface area (Å²) in [5.41, 5.74) is -1.99. The Bertz CT molecular complexity index is 481. The third-order valence-corrected chi connectivity index (χ3v) is 2.13. The fourth-order valence-electron chi connectivity index (χ4n) is 1.36. The second-order valence-corrected chi connectivity index (χ2v) is 3.99. The molecule has 1 aromatic rings. The van der Waals surface area contributed by atoms with Crippen molar-refractivity contribution in [2.45, 2.75) is 26.1 Å². The molecule has 1 rings (SSSR count). The van der Waals surface area contributed by atoms with Crippen molar-refractivity contribution in [2.75, 3.05) is 7.11 Å². The van der Waals surface area contributed by atoms with Crippen LogP contribution in [0.1, 0.15) is 29.8 Å². The zero-order valence-electron chi connectivity index (χ0n) is 10.5. The van der Waals surface area contributed by atoms with Crippen LogP contribution in [0.15, 0.2) is 12.1 Å². The van der Waals surface area contributed by atoms with E-state index in [4.69, 9.17) is 4.74 Å². The Labute approximate surface area is 107 Å². The van der Waals surface area contributed by atoms with Gasteiger partial charge in [0.1, 0.15) is 0 Å². The highest BCUT2D eigenvalue weighted by Gasteiger charge is 2.34. The smallest absolute Gasteiger partial charge is 0.416 e. The van der Waals surface area contributed by atoms with Gasteiger partial charge in [0.25, 0.3) is 0 Å². The predicted octanol–water partition coefficient (Wildman–Crippen LogP) is 3.42. The zero-order valence-corrected chi connectivity index (χ0v) is 10.5. The van der Waals surface area contributed by atoms with E-state index in [0.29, 0.717) is 12.1 Å². The van der Waals surface area contributed by atoms with Crippen LogP contribution in [0.4, 0.5) is 17.6 Å². The molecule has 0 radical (unpaired) electrons. The van der Waals surface area contributed by atoms with E-state index in [9.17, 15) is 22.4 Å². The van der Waals surface area contributed by atoms with Crippen molar-refractivity contribution in [3.63, 3.8) is 0 Å². The van der Waals surface area contributed by atoms with Gasteiger partial charge < -0.3 is 9.47 Å². The Kier molecular flexibility index (Phi) is 4.39. The molecule has 0 spiro atoms. The maximum Gasteiger partial charge on any atom is 0.416 e. The van der Waals surface area contributed by atoms with E-state index < -0.39 is 40.9 Å². The van der Waals surface area contributed by atoms with E-state index in [-0.39, 0.29) is 0 Å². The second-order valence-electron chi connectivity index (χ2n) is 3.99. The van der Waals surface area contributed by atoms with Crippen LogP contribution in [0.2, 0.25) is 0 Å². The Morgan fingerprint density at radius 1 is 1.26 bits per heavy atom. The number of alkyl halides is 3. The molecule has 0 unspecified atom stereocenters. The van der Waals surface area contributed by atoms with Gasteiger partial charge in [-0.25, -0.2) is 9.18 Å². The van der Waals surface area contributed by atoms with Gasteiger partial charge in [0, 0.05) is 0 Å². The molecule has 0 saturated heterocycles. The number of hydrogen-bond donors (Lipinski definition) is 0. The topological polar surface area (TPSA) is 35.5 Å². The standard InChI is InChI=1S/C12H12F4O3/c1-6(2)19-9-5-7(12(14,15)16)4-8(10(9)13)11(17)18-3/h4-6H,1-3H3. The minimum Gasteiger partial charge on any atom is -0.488 e. The van der Waals surface area contributed by atoms with Crippen molar-refractivity contribution in [1.82, 2.24) is 0 Å². The number of esters is 1. The molecule has 0 amide bonds. The van der Waals surface area contributed by atoms with Crippen LogP contribution in [-0.4, -0.2) is 19.2 Å². The highest BCUT2D eigenvalue weighted by Crippen LogP contribution is 2.35. The van der Waals surface area contributed by atoms with Crippen molar-refractivity contribution in [2.24, 2.45) is 0 Å². The largest absolute Gasteiger partial charge is 0.488 e. The molecular formula is C12H12F4O3.